The lowest BCUT2D eigenvalue weighted by atomic mass is 10.5. The average Bonchev–Trinajstić information content (AvgIpc) is 2.48. The molecule has 0 fully saturated rings. The highest BCUT2D eigenvalue weighted by Gasteiger charge is 2.08. The van der Waals surface area contributed by atoms with Crippen LogP contribution in [-0.4, -0.2) is 23.9 Å². The van der Waals surface area contributed by atoms with Crippen molar-refractivity contribution in [3.63, 3.8) is 0 Å². The second kappa shape index (κ2) is 24.6. The molecule has 0 aliphatic heterocycles. The molecule has 0 rings (SSSR count). The second-order valence-electron chi connectivity index (χ2n) is 3.13. The van der Waals surface area contributed by atoms with E-state index < -0.39 is 8.60 Å². The van der Waals surface area contributed by atoms with Gasteiger partial charge < -0.3 is 4.89 Å². The van der Waals surface area contributed by atoms with Crippen LogP contribution in [0, 0.1) is 0 Å². The Hall–Kier alpha value is 2.33. The van der Waals surface area contributed by atoms with Crippen LogP contribution in [0.2, 0.25) is 0 Å². The molecule has 0 aliphatic rings. The fourth-order valence-electron chi connectivity index (χ4n) is 0.505. The Morgan fingerprint density at radius 3 is 1.90 bits per heavy atom. The molecule has 0 bridgehead atoms. The van der Waals surface area contributed by atoms with Crippen LogP contribution in [0.4, 0.5) is 0 Å². The van der Waals surface area contributed by atoms with Gasteiger partial charge in [0.05, 0.1) is 13.2 Å². The first kappa shape index (κ1) is 25.6. The zero-order valence-corrected chi connectivity index (χ0v) is 18.1. The van der Waals surface area contributed by atoms with Gasteiger partial charge in [0.25, 0.3) is 0 Å². The first-order valence-corrected chi connectivity index (χ1v) is 14.7. The molecule has 0 aromatic carbocycles. The molecule has 0 spiro atoms. The molecule has 0 unspecified atom stereocenters. The molecule has 130 valence electrons. The topological polar surface area (TPSA) is 57.2 Å². The Bertz CT molecular complexity index is 171. The van der Waals surface area contributed by atoms with E-state index in [1.54, 1.807) is 19.7 Å². The summed E-state index contributed by atoms with van der Waals surface area (Å²) >= 11 is 3.98. The van der Waals surface area contributed by atoms with Gasteiger partial charge >= 0.3 is 8.60 Å². The van der Waals surface area contributed by atoms with Crippen molar-refractivity contribution in [1.82, 2.24) is 0 Å². The molecular weight excluding hydrogens is 411 g/mol. The molecule has 1 N–H and O–H groups in total. The molecule has 5 nitrogen and oxygen atoms in total. The summed E-state index contributed by atoms with van der Waals surface area (Å²) in [5.41, 5.74) is 0. The van der Waals surface area contributed by atoms with Gasteiger partial charge in [0.1, 0.15) is 0 Å². The summed E-state index contributed by atoms with van der Waals surface area (Å²) in [7, 11) is 6.66. The van der Waals surface area contributed by atoms with E-state index in [0.717, 1.165) is 12.8 Å². The predicted molar refractivity (Wildman–Crippen MR) is 106 cm³/mol. The van der Waals surface area contributed by atoms with Crippen molar-refractivity contribution in [3.05, 3.63) is 0 Å². The molecule has 0 aromatic heterocycles. The summed E-state index contributed by atoms with van der Waals surface area (Å²) in [6.45, 7) is 6.90. The van der Waals surface area contributed by atoms with Crippen molar-refractivity contribution in [2.24, 2.45) is 0 Å². The van der Waals surface area contributed by atoms with E-state index in [1.165, 1.54) is 22.0 Å². The SMILES string of the molecule is CCCOOP(O)OOCCC.CCCSSSSSS. The van der Waals surface area contributed by atoms with Crippen LogP contribution in [-0.2, 0) is 19.1 Å². The molecule has 0 amide bonds. The Labute approximate surface area is 152 Å². The lowest BCUT2D eigenvalue weighted by Gasteiger charge is -2.07. The first-order chi connectivity index (χ1) is 10.2. The number of hydrogen-bond acceptors (Lipinski definition) is 11. The summed E-state index contributed by atoms with van der Waals surface area (Å²) in [6, 6.07) is 0. The monoisotopic (exact) mass is 434 g/mol. The van der Waals surface area contributed by atoms with Gasteiger partial charge in [-0.25, -0.2) is 9.78 Å². The van der Waals surface area contributed by atoms with Gasteiger partial charge in [-0.05, 0) is 58.6 Å². The molecule has 0 saturated heterocycles. The van der Waals surface area contributed by atoms with Crippen LogP contribution in [0.25, 0.3) is 0 Å². The highest BCUT2D eigenvalue weighted by molar-refractivity contribution is 9.41. The van der Waals surface area contributed by atoms with Crippen LogP contribution in [0.5, 0.6) is 0 Å². The summed E-state index contributed by atoms with van der Waals surface area (Å²) in [6.07, 6.45) is 2.90. The van der Waals surface area contributed by atoms with Gasteiger partial charge in [0.2, 0.25) is 0 Å². The lowest BCUT2D eigenvalue weighted by molar-refractivity contribution is -0.266. The molecule has 0 saturated carbocycles. The van der Waals surface area contributed by atoms with Crippen LogP contribution in [0.1, 0.15) is 40.0 Å². The van der Waals surface area contributed by atoms with Crippen molar-refractivity contribution < 1.29 is 24.0 Å². The maximum absolute atomic E-state index is 8.87. The van der Waals surface area contributed by atoms with Crippen molar-refractivity contribution in [1.29, 1.82) is 0 Å². The predicted octanol–water partition coefficient (Wildman–Crippen LogP) is 6.49. The molecule has 0 aliphatic carbocycles. The zero-order valence-electron chi connectivity index (χ0n) is 12.3. The Morgan fingerprint density at radius 2 is 1.48 bits per heavy atom. The number of thiol groups is 1. The minimum absolute atomic E-state index is 0.427. The van der Waals surface area contributed by atoms with E-state index >= 15 is 0 Å². The van der Waals surface area contributed by atoms with E-state index in [4.69, 9.17) is 4.89 Å². The zero-order chi connectivity index (χ0) is 16.2. The minimum atomic E-state index is -2.05. The van der Waals surface area contributed by atoms with Crippen molar-refractivity contribution in [2.45, 2.75) is 40.0 Å². The maximum Gasteiger partial charge on any atom is 0.389 e. The van der Waals surface area contributed by atoms with Gasteiger partial charge in [-0.2, -0.15) is 9.35 Å². The van der Waals surface area contributed by atoms with E-state index in [2.05, 4.69) is 37.7 Å². The first-order valence-electron chi connectivity index (χ1n) is 6.24. The maximum atomic E-state index is 8.87. The summed E-state index contributed by atoms with van der Waals surface area (Å²) in [5, 5.41) is 0. The summed E-state index contributed by atoms with van der Waals surface area (Å²) in [5.74, 6) is 1.25. The van der Waals surface area contributed by atoms with Crippen molar-refractivity contribution in [3.8, 4) is 0 Å². The Kier molecular flexibility index (Phi) is 29.9. The van der Waals surface area contributed by atoms with Crippen molar-refractivity contribution in [2.75, 3.05) is 19.0 Å². The fourth-order valence-corrected chi connectivity index (χ4v) is 9.73. The van der Waals surface area contributed by atoms with Crippen LogP contribution in [0.3, 0.4) is 0 Å². The van der Waals surface area contributed by atoms with E-state index in [0.29, 0.717) is 13.2 Å². The quantitative estimate of drug-likeness (QED) is 0.0792. The Morgan fingerprint density at radius 1 is 0.905 bits per heavy atom. The third kappa shape index (κ3) is 27.5. The van der Waals surface area contributed by atoms with Crippen molar-refractivity contribution >= 4 is 70.4 Å². The molecule has 0 atom stereocenters. The summed E-state index contributed by atoms with van der Waals surface area (Å²) < 4.78 is 8.80. The fraction of sp³-hybridized carbons (Fsp3) is 1.00. The Balaban J connectivity index is 0. The van der Waals surface area contributed by atoms with E-state index in [1.807, 2.05) is 34.5 Å². The van der Waals surface area contributed by atoms with E-state index in [-0.39, 0.29) is 0 Å². The average molecular weight is 435 g/mol. The molecule has 0 radical (unpaired) electrons. The van der Waals surface area contributed by atoms with Crippen LogP contribution >= 0.6 is 70.4 Å². The molecule has 0 heterocycles. The van der Waals surface area contributed by atoms with E-state index in [9.17, 15) is 0 Å². The van der Waals surface area contributed by atoms with Gasteiger partial charge in [0, 0.05) is 5.75 Å². The minimum Gasteiger partial charge on any atom is -0.325 e. The van der Waals surface area contributed by atoms with Gasteiger partial charge in [-0.15, -0.1) is 0 Å². The highest BCUT2D eigenvalue weighted by atomic mass is 33.9. The third-order valence-corrected chi connectivity index (χ3v) is 10.9. The highest BCUT2D eigenvalue weighted by Crippen LogP contribution is 2.49. The second-order valence-corrected chi connectivity index (χ2v) is 12.5. The molecule has 12 heteroatoms. The van der Waals surface area contributed by atoms with Crippen LogP contribution < -0.4 is 0 Å². The number of hydrogen-bond donors (Lipinski definition) is 2. The largest absolute Gasteiger partial charge is 0.389 e. The molecule has 0 aromatic rings. The smallest absolute Gasteiger partial charge is 0.325 e. The summed E-state index contributed by atoms with van der Waals surface area (Å²) in [4.78, 5) is 18.0. The normalized spacial score (nSPS) is 10.6. The van der Waals surface area contributed by atoms with Gasteiger partial charge in [-0.3, -0.25) is 0 Å². The standard InChI is InChI=1S/C6H15O5P.C3H8S6/c1-3-5-8-10-12(7)11-9-6-4-2;1-2-3-5-7-9-8-6-4/h7H,3-6H2,1-2H3;4H,2-3H2,1H3. The van der Waals surface area contributed by atoms with Crippen LogP contribution in [0.15, 0.2) is 0 Å². The molecule has 21 heavy (non-hydrogen) atoms. The third-order valence-electron chi connectivity index (χ3n) is 1.23. The number of rotatable bonds is 14. The molecular formula is C9H23O5PS6. The lowest BCUT2D eigenvalue weighted by Crippen LogP contribution is -1.96. The van der Waals surface area contributed by atoms with Gasteiger partial charge in [0.15, 0.2) is 0 Å². The van der Waals surface area contributed by atoms with Gasteiger partial charge in [-0.1, -0.05) is 43.2 Å².